The predicted molar refractivity (Wildman–Crippen MR) is 57.7 cm³/mol. The number of rotatable bonds is 1. The average molecular weight is 186 g/mol. The van der Waals surface area contributed by atoms with Crippen molar-refractivity contribution in [1.82, 2.24) is 4.90 Å². The van der Waals surface area contributed by atoms with Crippen molar-refractivity contribution in [2.24, 2.45) is 16.5 Å². The van der Waals surface area contributed by atoms with E-state index in [0.717, 1.165) is 25.9 Å². The molecular formula is C9H22N4. The molecule has 4 N–H and O–H groups in total. The van der Waals surface area contributed by atoms with Crippen molar-refractivity contribution in [1.29, 1.82) is 0 Å². The van der Waals surface area contributed by atoms with Crippen LogP contribution in [0.15, 0.2) is 4.99 Å². The number of nitrogens with zero attached hydrogens (tertiary/aromatic N) is 2. The van der Waals surface area contributed by atoms with Crippen LogP contribution in [0.25, 0.3) is 0 Å². The summed E-state index contributed by atoms with van der Waals surface area (Å²) < 4.78 is 0. The Kier molecular flexibility index (Phi) is 6.32. The molecule has 0 aromatic carbocycles. The Morgan fingerprint density at radius 1 is 1.23 bits per heavy atom. The lowest BCUT2D eigenvalue weighted by molar-refractivity contribution is 0.257. The van der Waals surface area contributed by atoms with Gasteiger partial charge in [-0.05, 0) is 33.0 Å². The fraction of sp³-hybridized carbons (Fsp3) is 0.889. The molecule has 0 radical (unpaired) electrons. The van der Waals surface area contributed by atoms with E-state index in [1.54, 1.807) is 0 Å². The zero-order valence-electron chi connectivity index (χ0n) is 8.95. The van der Waals surface area contributed by atoms with Crippen LogP contribution in [0.1, 0.15) is 26.7 Å². The van der Waals surface area contributed by atoms with E-state index in [4.69, 9.17) is 11.5 Å². The molecule has 1 aliphatic rings. The lowest BCUT2D eigenvalue weighted by atomic mass is 10.1. The Labute approximate surface area is 81.0 Å². The van der Waals surface area contributed by atoms with Crippen LogP contribution >= 0.6 is 0 Å². The Hall–Kier alpha value is -0.770. The summed E-state index contributed by atoms with van der Waals surface area (Å²) >= 11 is 0. The van der Waals surface area contributed by atoms with Gasteiger partial charge in [0.2, 0.25) is 0 Å². The first kappa shape index (κ1) is 12.2. The van der Waals surface area contributed by atoms with Crippen LogP contribution in [0.4, 0.5) is 0 Å². The molecule has 13 heavy (non-hydrogen) atoms. The number of guanidine groups is 1. The van der Waals surface area contributed by atoms with Gasteiger partial charge in [0.25, 0.3) is 0 Å². The zero-order valence-corrected chi connectivity index (χ0v) is 8.95. The summed E-state index contributed by atoms with van der Waals surface area (Å²) in [6.07, 6.45) is 2.16. The SMILES string of the molecule is CC.CN1CCC(N=C(N)N)CC1. The summed E-state index contributed by atoms with van der Waals surface area (Å²) in [4.78, 5) is 6.41. The molecule has 1 fully saturated rings. The highest BCUT2D eigenvalue weighted by atomic mass is 15.1. The second-order valence-corrected chi connectivity index (χ2v) is 3.09. The highest BCUT2D eigenvalue weighted by molar-refractivity contribution is 5.75. The van der Waals surface area contributed by atoms with Crippen LogP contribution in [0.3, 0.4) is 0 Å². The summed E-state index contributed by atoms with van der Waals surface area (Å²) in [5, 5.41) is 0. The van der Waals surface area contributed by atoms with E-state index in [0.29, 0.717) is 6.04 Å². The first-order valence-electron chi connectivity index (χ1n) is 4.96. The van der Waals surface area contributed by atoms with Gasteiger partial charge in [-0.25, -0.2) is 0 Å². The van der Waals surface area contributed by atoms with Crippen LogP contribution in [0.5, 0.6) is 0 Å². The number of hydrogen-bond acceptors (Lipinski definition) is 2. The van der Waals surface area contributed by atoms with Crippen LogP contribution in [-0.2, 0) is 0 Å². The van der Waals surface area contributed by atoms with Gasteiger partial charge in [-0.2, -0.15) is 0 Å². The molecule has 1 saturated heterocycles. The van der Waals surface area contributed by atoms with Crippen LogP contribution in [0, 0.1) is 0 Å². The van der Waals surface area contributed by atoms with Crippen molar-refractivity contribution in [3.8, 4) is 0 Å². The molecule has 1 aliphatic heterocycles. The van der Waals surface area contributed by atoms with Gasteiger partial charge >= 0.3 is 0 Å². The van der Waals surface area contributed by atoms with Crippen molar-refractivity contribution < 1.29 is 0 Å². The summed E-state index contributed by atoms with van der Waals surface area (Å²) in [6, 6.07) is 0.358. The number of likely N-dealkylation sites (tertiary alicyclic amines) is 1. The van der Waals surface area contributed by atoms with Crippen molar-refractivity contribution in [2.75, 3.05) is 20.1 Å². The van der Waals surface area contributed by atoms with E-state index in [2.05, 4.69) is 16.9 Å². The van der Waals surface area contributed by atoms with E-state index < -0.39 is 0 Å². The predicted octanol–water partition coefficient (Wildman–Crippen LogP) is 0.380. The second-order valence-electron chi connectivity index (χ2n) is 3.09. The molecule has 1 heterocycles. The minimum atomic E-state index is 0.222. The maximum Gasteiger partial charge on any atom is 0.186 e. The number of hydrogen-bond donors (Lipinski definition) is 2. The van der Waals surface area contributed by atoms with Crippen LogP contribution in [-0.4, -0.2) is 37.0 Å². The molecule has 4 nitrogen and oxygen atoms in total. The Balaban J connectivity index is 0.000000671. The molecule has 0 aromatic heterocycles. The topological polar surface area (TPSA) is 67.6 Å². The first-order valence-corrected chi connectivity index (χ1v) is 4.96. The Morgan fingerprint density at radius 2 is 1.69 bits per heavy atom. The summed E-state index contributed by atoms with van der Waals surface area (Å²) in [7, 11) is 2.12. The minimum Gasteiger partial charge on any atom is -0.370 e. The number of aliphatic imine (C=N–C) groups is 1. The first-order chi connectivity index (χ1) is 6.18. The summed E-state index contributed by atoms with van der Waals surface area (Å²) in [5.41, 5.74) is 10.5. The third-order valence-electron chi connectivity index (χ3n) is 2.02. The highest BCUT2D eigenvalue weighted by Crippen LogP contribution is 2.10. The van der Waals surface area contributed by atoms with Crippen LogP contribution < -0.4 is 11.5 Å². The standard InChI is InChI=1S/C7H16N4.C2H6/c1-11-4-2-6(3-5-11)10-7(8)9;1-2/h6H,2-5H2,1H3,(H4,8,9,10);1-2H3. The molecule has 0 saturated carbocycles. The molecule has 0 atom stereocenters. The number of nitrogens with two attached hydrogens (primary N) is 2. The molecule has 0 aromatic rings. The molecule has 4 heteroatoms. The normalized spacial score (nSPS) is 18.7. The van der Waals surface area contributed by atoms with Crippen molar-refractivity contribution >= 4 is 5.96 Å². The van der Waals surface area contributed by atoms with E-state index in [9.17, 15) is 0 Å². The van der Waals surface area contributed by atoms with Gasteiger partial charge in [0, 0.05) is 0 Å². The number of piperidine rings is 1. The van der Waals surface area contributed by atoms with E-state index >= 15 is 0 Å². The van der Waals surface area contributed by atoms with Gasteiger partial charge in [0.05, 0.1) is 6.04 Å². The van der Waals surface area contributed by atoms with Crippen molar-refractivity contribution in [3.63, 3.8) is 0 Å². The molecule has 0 spiro atoms. The van der Waals surface area contributed by atoms with Gasteiger partial charge in [0.1, 0.15) is 0 Å². The van der Waals surface area contributed by atoms with Crippen molar-refractivity contribution in [2.45, 2.75) is 32.7 Å². The average Bonchev–Trinajstić information content (AvgIpc) is 2.12. The summed E-state index contributed by atoms with van der Waals surface area (Å²) in [6.45, 7) is 6.20. The Bertz CT molecular complexity index is 144. The minimum absolute atomic E-state index is 0.222. The second kappa shape index (κ2) is 6.71. The monoisotopic (exact) mass is 186 g/mol. The third kappa shape index (κ3) is 5.47. The van der Waals surface area contributed by atoms with Gasteiger partial charge in [-0.1, -0.05) is 13.8 Å². The van der Waals surface area contributed by atoms with E-state index in [-0.39, 0.29) is 5.96 Å². The fourth-order valence-electron chi connectivity index (χ4n) is 1.33. The molecule has 0 amide bonds. The maximum absolute atomic E-state index is 5.27. The quantitative estimate of drug-likeness (QED) is 0.459. The molecule has 0 bridgehead atoms. The van der Waals surface area contributed by atoms with Gasteiger partial charge in [-0.15, -0.1) is 0 Å². The lowest BCUT2D eigenvalue weighted by Crippen LogP contribution is -2.34. The lowest BCUT2D eigenvalue weighted by Gasteiger charge is -2.26. The Morgan fingerprint density at radius 3 is 2.08 bits per heavy atom. The van der Waals surface area contributed by atoms with Gasteiger partial charge < -0.3 is 16.4 Å². The molecule has 0 unspecified atom stereocenters. The maximum atomic E-state index is 5.27. The largest absolute Gasteiger partial charge is 0.370 e. The third-order valence-corrected chi connectivity index (χ3v) is 2.02. The summed E-state index contributed by atoms with van der Waals surface area (Å²) in [5.74, 6) is 0.222. The van der Waals surface area contributed by atoms with Gasteiger partial charge in [0.15, 0.2) is 5.96 Å². The van der Waals surface area contributed by atoms with E-state index in [1.807, 2.05) is 13.8 Å². The van der Waals surface area contributed by atoms with Crippen LogP contribution in [0.2, 0.25) is 0 Å². The van der Waals surface area contributed by atoms with Crippen molar-refractivity contribution in [3.05, 3.63) is 0 Å². The zero-order chi connectivity index (χ0) is 10.3. The molecular weight excluding hydrogens is 164 g/mol. The van der Waals surface area contributed by atoms with Gasteiger partial charge in [-0.3, -0.25) is 4.99 Å². The molecule has 78 valence electrons. The smallest absolute Gasteiger partial charge is 0.186 e. The highest BCUT2D eigenvalue weighted by Gasteiger charge is 2.14. The molecule has 0 aliphatic carbocycles. The van der Waals surface area contributed by atoms with E-state index in [1.165, 1.54) is 0 Å². The fourth-order valence-corrected chi connectivity index (χ4v) is 1.33. The molecule has 1 rings (SSSR count).